The van der Waals surface area contributed by atoms with E-state index in [0.717, 1.165) is 77.0 Å². The van der Waals surface area contributed by atoms with Gasteiger partial charge in [0.2, 0.25) is 0 Å². The molecule has 0 heterocycles. The predicted octanol–water partition coefficient (Wildman–Crippen LogP) is 24.3. The minimum atomic E-state index is -0.776. The minimum absolute atomic E-state index is 0.0703. The molecular formula is C73H136O6. The maximum absolute atomic E-state index is 13.0. The van der Waals surface area contributed by atoms with Gasteiger partial charge in [-0.05, 0) is 57.8 Å². The van der Waals surface area contributed by atoms with Gasteiger partial charge in [-0.25, -0.2) is 0 Å². The fraction of sp³-hybridized carbons (Fsp3) is 0.877. The Hall–Kier alpha value is -2.37. The molecule has 0 aliphatic heterocycles. The van der Waals surface area contributed by atoms with Crippen molar-refractivity contribution in [2.75, 3.05) is 13.2 Å². The Morgan fingerprint density at radius 2 is 0.456 bits per heavy atom. The summed E-state index contributed by atoms with van der Waals surface area (Å²) in [4.78, 5) is 38.5. The van der Waals surface area contributed by atoms with Crippen molar-refractivity contribution in [2.24, 2.45) is 0 Å². The van der Waals surface area contributed by atoms with E-state index in [9.17, 15) is 14.4 Å². The average Bonchev–Trinajstić information content (AvgIpc) is 3.45. The summed E-state index contributed by atoms with van der Waals surface area (Å²) in [5, 5.41) is 0. The Labute approximate surface area is 493 Å². The van der Waals surface area contributed by atoms with E-state index in [1.54, 1.807) is 0 Å². The van der Waals surface area contributed by atoms with Gasteiger partial charge >= 0.3 is 17.9 Å². The topological polar surface area (TPSA) is 78.9 Å². The summed E-state index contributed by atoms with van der Waals surface area (Å²) < 4.78 is 17.0. The number of esters is 3. The quantitative estimate of drug-likeness (QED) is 0.0261. The molecule has 0 saturated heterocycles. The largest absolute Gasteiger partial charge is 0.462 e. The van der Waals surface area contributed by atoms with Crippen LogP contribution in [0, 0.1) is 0 Å². The van der Waals surface area contributed by atoms with Crippen molar-refractivity contribution in [3.8, 4) is 0 Å². The molecule has 0 radical (unpaired) electrons. The summed E-state index contributed by atoms with van der Waals surface area (Å²) in [7, 11) is 0. The van der Waals surface area contributed by atoms with Crippen molar-refractivity contribution >= 4 is 17.9 Å². The number of allylic oxidation sites excluding steroid dienone is 6. The molecule has 0 amide bonds. The lowest BCUT2D eigenvalue weighted by Crippen LogP contribution is -2.30. The molecular weight excluding hydrogens is 973 g/mol. The lowest BCUT2D eigenvalue weighted by molar-refractivity contribution is -0.167. The van der Waals surface area contributed by atoms with Gasteiger partial charge in [0.05, 0.1) is 0 Å². The zero-order chi connectivity index (χ0) is 57.1. The van der Waals surface area contributed by atoms with E-state index in [0.29, 0.717) is 19.3 Å². The third kappa shape index (κ3) is 66.3. The third-order valence-electron chi connectivity index (χ3n) is 16.1. The van der Waals surface area contributed by atoms with Crippen LogP contribution >= 0.6 is 0 Å². The van der Waals surface area contributed by atoms with Gasteiger partial charge in [0.15, 0.2) is 6.10 Å². The molecule has 0 aliphatic rings. The summed E-state index contributed by atoms with van der Waals surface area (Å²) in [5.74, 6) is -0.851. The highest BCUT2D eigenvalue weighted by atomic mass is 16.6. The molecule has 0 saturated carbocycles. The Morgan fingerprint density at radius 3 is 0.734 bits per heavy atom. The molecule has 0 aromatic carbocycles. The van der Waals surface area contributed by atoms with Gasteiger partial charge in [0.25, 0.3) is 0 Å². The zero-order valence-electron chi connectivity index (χ0n) is 53.4. The van der Waals surface area contributed by atoms with Crippen LogP contribution in [0.5, 0.6) is 0 Å². The van der Waals surface area contributed by atoms with Gasteiger partial charge in [-0.1, -0.05) is 353 Å². The molecule has 0 aromatic rings. The fourth-order valence-electron chi connectivity index (χ4n) is 10.8. The van der Waals surface area contributed by atoms with Crippen LogP contribution in [-0.2, 0) is 28.6 Å². The van der Waals surface area contributed by atoms with Crippen LogP contribution in [0.4, 0.5) is 0 Å². The second-order valence-electron chi connectivity index (χ2n) is 24.2. The standard InChI is InChI=1S/C73H136O6/c1-4-7-10-13-16-19-22-25-28-31-34-36-39-42-45-48-51-54-57-60-63-66-72(75)78-69-70(68-77-71(74)65-62-59-56-53-50-47-44-41-38-33-30-27-24-21-18-15-12-9-6-3)79-73(76)67-64-61-58-55-52-49-46-43-40-37-35-32-29-26-23-20-17-14-11-8-5-2/h18,21,27,30,38,41,70H,4-17,19-20,22-26,28-29,31-37,39-40,42-69H2,1-3H3/b21-18-,30-27-,41-38-. The molecule has 0 rings (SSSR count). The molecule has 0 fully saturated rings. The average molecular weight is 1110 g/mol. The predicted molar refractivity (Wildman–Crippen MR) is 344 cm³/mol. The van der Waals surface area contributed by atoms with Crippen molar-refractivity contribution in [1.29, 1.82) is 0 Å². The maximum atomic E-state index is 13.0. The number of hydrogen-bond acceptors (Lipinski definition) is 6. The third-order valence-corrected chi connectivity index (χ3v) is 16.1. The molecule has 464 valence electrons. The van der Waals surface area contributed by atoms with Crippen LogP contribution < -0.4 is 0 Å². The first-order valence-corrected chi connectivity index (χ1v) is 35.5. The highest BCUT2D eigenvalue weighted by Gasteiger charge is 2.19. The van der Waals surface area contributed by atoms with Crippen molar-refractivity contribution in [3.05, 3.63) is 36.5 Å². The number of carbonyl (C=O) groups excluding carboxylic acids is 3. The lowest BCUT2D eigenvalue weighted by Gasteiger charge is -2.18. The van der Waals surface area contributed by atoms with Crippen molar-refractivity contribution in [3.63, 3.8) is 0 Å². The van der Waals surface area contributed by atoms with Crippen molar-refractivity contribution in [1.82, 2.24) is 0 Å². The first kappa shape index (κ1) is 76.6. The molecule has 0 N–H and O–H groups in total. The number of ether oxygens (including phenoxy) is 3. The zero-order valence-corrected chi connectivity index (χ0v) is 53.4. The highest BCUT2D eigenvalue weighted by molar-refractivity contribution is 5.71. The monoisotopic (exact) mass is 1110 g/mol. The van der Waals surface area contributed by atoms with E-state index in [2.05, 4.69) is 57.2 Å². The van der Waals surface area contributed by atoms with Crippen LogP contribution in [0.3, 0.4) is 0 Å². The molecule has 0 aromatic heterocycles. The SMILES string of the molecule is CCCCC/C=C\C/C=C\C/C=C\CCCCCCCCC(=O)OCC(COC(=O)CCCCCCCCCCCCCCCCCCCCCCC)OC(=O)CCCCCCCCCCCCCCCCCCCCCCC. The number of carbonyl (C=O) groups is 3. The molecule has 6 nitrogen and oxygen atoms in total. The van der Waals surface area contributed by atoms with Crippen LogP contribution in [0.25, 0.3) is 0 Å². The van der Waals surface area contributed by atoms with Gasteiger partial charge < -0.3 is 14.2 Å². The van der Waals surface area contributed by atoms with Crippen LogP contribution in [0.1, 0.15) is 393 Å². The fourth-order valence-corrected chi connectivity index (χ4v) is 10.8. The molecule has 79 heavy (non-hydrogen) atoms. The minimum Gasteiger partial charge on any atom is -0.462 e. The molecule has 1 unspecified atom stereocenters. The van der Waals surface area contributed by atoms with E-state index in [-0.39, 0.29) is 31.1 Å². The Kier molecular flexibility index (Phi) is 66.1. The second kappa shape index (κ2) is 68.1. The van der Waals surface area contributed by atoms with Crippen molar-refractivity contribution < 1.29 is 28.6 Å². The van der Waals surface area contributed by atoms with Crippen LogP contribution in [0.15, 0.2) is 36.5 Å². The van der Waals surface area contributed by atoms with Gasteiger partial charge in [-0.2, -0.15) is 0 Å². The van der Waals surface area contributed by atoms with Crippen molar-refractivity contribution in [2.45, 2.75) is 399 Å². The second-order valence-corrected chi connectivity index (χ2v) is 24.2. The van der Waals surface area contributed by atoms with Gasteiger partial charge in [-0.3, -0.25) is 14.4 Å². The summed E-state index contributed by atoms with van der Waals surface area (Å²) in [6.45, 7) is 6.69. The van der Waals surface area contributed by atoms with E-state index in [1.807, 2.05) is 0 Å². The van der Waals surface area contributed by atoms with Crippen LogP contribution in [-0.4, -0.2) is 37.2 Å². The number of unbranched alkanes of at least 4 members (excludes halogenated alkanes) is 49. The summed E-state index contributed by atoms with van der Waals surface area (Å²) >= 11 is 0. The maximum Gasteiger partial charge on any atom is 0.306 e. The summed E-state index contributed by atoms with van der Waals surface area (Å²) in [5.41, 5.74) is 0. The van der Waals surface area contributed by atoms with E-state index < -0.39 is 6.10 Å². The molecule has 0 bridgehead atoms. The van der Waals surface area contributed by atoms with Gasteiger partial charge in [0, 0.05) is 19.3 Å². The molecule has 1 atom stereocenters. The first-order valence-electron chi connectivity index (χ1n) is 35.5. The Balaban J connectivity index is 4.32. The van der Waals surface area contributed by atoms with Crippen LogP contribution in [0.2, 0.25) is 0 Å². The van der Waals surface area contributed by atoms with E-state index in [4.69, 9.17) is 14.2 Å². The lowest BCUT2D eigenvalue weighted by atomic mass is 10.0. The molecule has 6 heteroatoms. The number of rotatable bonds is 66. The Bertz CT molecular complexity index is 1320. The smallest absolute Gasteiger partial charge is 0.306 e. The summed E-state index contributed by atoms with van der Waals surface area (Å²) in [6, 6.07) is 0. The summed E-state index contributed by atoms with van der Waals surface area (Å²) in [6.07, 6.45) is 84.5. The molecule has 0 aliphatic carbocycles. The highest BCUT2D eigenvalue weighted by Crippen LogP contribution is 2.19. The Morgan fingerprint density at radius 1 is 0.253 bits per heavy atom. The van der Waals surface area contributed by atoms with Gasteiger partial charge in [0.1, 0.15) is 13.2 Å². The van der Waals surface area contributed by atoms with Gasteiger partial charge in [-0.15, -0.1) is 0 Å². The van der Waals surface area contributed by atoms with E-state index >= 15 is 0 Å². The first-order chi connectivity index (χ1) is 39.0. The normalized spacial score (nSPS) is 12.2. The molecule has 0 spiro atoms. The van der Waals surface area contributed by atoms with E-state index in [1.165, 1.54) is 276 Å². The number of hydrogen-bond donors (Lipinski definition) is 0.